The molecule has 2 amide bonds. The molecule has 0 spiro atoms. The van der Waals surface area contributed by atoms with Gasteiger partial charge in [0.05, 0.1) is 0 Å². The van der Waals surface area contributed by atoms with Crippen LogP contribution in [0.15, 0.2) is 0 Å². The molecule has 3 aliphatic rings. The lowest BCUT2D eigenvalue weighted by molar-refractivity contribution is -0.133. The maximum atomic E-state index is 12.6. The Morgan fingerprint density at radius 1 is 0.556 bits per heavy atom. The van der Waals surface area contributed by atoms with Crippen molar-refractivity contribution in [3.8, 4) is 0 Å². The Morgan fingerprint density at radius 2 is 0.963 bits per heavy atom. The second-order valence-electron chi connectivity index (χ2n) is 9.20. The summed E-state index contributed by atoms with van der Waals surface area (Å²) in [6.07, 6.45) is 17.9. The van der Waals surface area contributed by atoms with Crippen LogP contribution in [0.25, 0.3) is 0 Å². The highest BCUT2D eigenvalue weighted by Gasteiger charge is 2.24. The molecule has 0 radical (unpaired) electrons. The van der Waals surface area contributed by atoms with E-state index >= 15 is 0 Å². The molecule has 3 fully saturated rings. The van der Waals surface area contributed by atoms with Gasteiger partial charge < -0.3 is 9.80 Å². The van der Waals surface area contributed by atoms with Gasteiger partial charge in [-0.3, -0.25) is 9.59 Å². The van der Waals surface area contributed by atoms with Crippen molar-refractivity contribution in [2.24, 2.45) is 11.8 Å². The van der Waals surface area contributed by atoms with E-state index in [9.17, 15) is 9.59 Å². The molecule has 1 saturated heterocycles. The van der Waals surface area contributed by atoms with Crippen LogP contribution in [0.4, 0.5) is 0 Å². The molecule has 2 saturated carbocycles. The number of hydrogen-bond donors (Lipinski definition) is 0. The average Bonchev–Trinajstić information content (AvgIpc) is 2.98. The van der Waals surface area contributed by atoms with Crippen LogP contribution in [0, 0.1) is 11.8 Å². The summed E-state index contributed by atoms with van der Waals surface area (Å²) in [7, 11) is 0. The molecule has 0 atom stereocenters. The van der Waals surface area contributed by atoms with Crippen LogP contribution in [0.2, 0.25) is 0 Å². The lowest BCUT2D eigenvalue weighted by Crippen LogP contribution is -2.37. The van der Waals surface area contributed by atoms with Gasteiger partial charge in [0.2, 0.25) is 11.8 Å². The van der Waals surface area contributed by atoms with Crippen molar-refractivity contribution in [1.82, 2.24) is 9.80 Å². The molecule has 0 aromatic rings. The maximum absolute atomic E-state index is 12.6. The van der Waals surface area contributed by atoms with Gasteiger partial charge in [-0.25, -0.2) is 0 Å². The summed E-state index contributed by atoms with van der Waals surface area (Å²) >= 11 is 0. The van der Waals surface area contributed by atoms with Crippen molar-refractivity contribution in [3.05, 3.63) is 0 Å². The smallest absolute Gasteiger partial charge is 0.222 e. The summed E-state index contributed by atoms with van der Waals surface area (Å²) in [6, 6.07) is 0. The van der Waals surface area contributed by atoms with Crippen molar-refractivity contribution in [1.29, 1.82) is 0 Å². The minimum Gasteiger partial charge on any atom is -0.341 e. The predicted molar refractivity (Wildman–Crippen MR) is 109 cm³/mol. The first-order valence-corrected chi connectivity index (χ1v) is 11.8. The molecule has 0 bridgehead atoms. The molecule has 0 aromatic heterocycles. The molecule has 3 rings (SSSR count). The minimum absolute atomic E-state index is 0.317. The van der Waals surface area contributed by atoms with Crippen LogP contribution in [-0.2, 0) is 9.59 Å². The third-order valence-electron chi connectivity index (χ3n) is 7.18. The number of rotatable bonds is 6. The SMILES string of the molecule is O=C(CCC1CCCCC1)N1CCCN(C(=O)CCC2CCCCC2)CC1. The highest BCUT2D eigenvalue weighted by Crippen LogP contribution is 2.28. The number of hydrogen-bond acceptors (Lipinski definition) is 2. The van der Waals surface area contributed by atoms with Gasteiger partial charge in [0.1, 0.15) is 0 Å². The fourth-order valence-electron chi connectivity index (χ4n) is 5.34. The molecule has 154 valence electrons. The molecular formula is C23H40N2O2. The first kappa shape index (κ1) is 20.7. The zero-order chi connectivity index (χ0) is 18.9. The number of carbonyl (C=O) groups excluding carboxylic acids is 2. The number of amides is 2. The fraction of sp³-hybridized carbons (Fsp3) is 0.913. The van der Waals surface area contributed by atoms with Crippen molar-refractivity contribution in [2.75, 3.05) is 26.2 Å². The quantitative estimate of drug-likeness (QED) is 0.670. The zero-order valence-corrected chi connectivity index (χ0v) is 17.3. The van der Waals surface area contributed by atoms with Crippen molar-refractivity contribution in [2.45, 2.75) is 96.3 Å². The first-order valence-electron chi connectivity index (χ1n) is 11.8. The van der Waals surface area contributed by atoms with Crippen molar-refractivity contribution in [3.63, 3.8) is 0 Å². The van der Waals surface area contributed by atoms with Crippen LogP contribution in [-0.4, -0.2) is 47.8 Å². The maximum Gasteiger partial charge on any atom is 0.222 e. The molecule has 4 nitrogen and oxygen atoms in total. The van der Waals surface area contributed by atoms with Crippen LogP contribution in [0.5, 0.6) is 0 Å². The molecule has 2 aliphatic carbocycles. The van der Waals surface area contributed by atoms with E-state index in [1.54, 1.807) is 0 Å². The summed E-state index contributed by atoms with van der Waals surface area (Å²) in [5.74, 6) is 2.18. The second kappa shape index (κ2) is 11.1. The lowest BCUT2D eigenvalue weighted by atomic mass is 9.86. The summed E-state index contributed by atoms with van der Waals surface area (Å²) in [5.41, 5.74) is 0. The van der Waals surface area contributed by atoms with E-state index in [1.807, 2.05) is 9.80 Å². The monoisotopic (exact) mass is 376 g/mol. The molecule has 27 heavy (non-hydrogen) atoms. The minimum atomic E-state index is 0.317. The summed E-state index contributed by atoms with van der Waals surface area (Å²) in [6.45, 7) is 3.13. The van der Waals surface area contributed by atoms with Gasteiger partial charge in [-0.2, -0.15) is 0 Å². The van der Waals surface area contributed by atoms with Crippen LogP contribution >= 0.6 is 0 Å². The third kappa shape index (κ3) is 6.80. The van der Waals surface area contributed by atoms with Crippen molar-refractivity contribution >= 4 is 11.8 Å². The largest absolute Gasteiger partial charge is 0.341 e. The topological polar surface area (TPSA) is 40.6 Å². The predicted octanol–water partition coefficient (Wildman–Crippen LogP) is 4.77. The Hall–Kier alpha value is -1.06. The summed E-state index contributed by atoms with van der Waals surface area (Å²) < 4.78 is 0. The normalized spacial score (nSPS) is 23.3. The Morgan fingerprint density at radius 3 is 1.37 bits per heavy atom. The van der Waals surface area contributed by atoms with E-state index in [0.29, 0.717) is 24.7 Å². The molecule has 1 heterocycles. The molecule has 0 N–H and O–H groups in total. The third-order valence-corrected chi connectivity index (χ3v) is 7.18. The lowest BCUT2D eigenvalue weighted by Gasteiger charge is -2.25. The van der Waals surface area contributed by atoms with Crippen LogP contribution < -0.4 is 0 Å². The molecular weight excluding hydrogens is 336 g/mol. The summed E-state index contributed by atoms with van der Waals surface area (Å²) in [4.78, 5) is 29.3. The van der Waals surface area contributed by atoms with Gasteiger partial charge in [-0.1, -0.05) is 64.2 Å². The molecule has 4 heteroatoms. The van der Waals surface area contributed by atoms with Gasteiger partial charge >= 0.3 is 0 Å². The van der Waals surface area contributed by atoms with E-state index in [0.717, 1.165) is 57.3 Å². The number of nitrogens with zero attached hydrogens (tertiary/aromatic N) is 2. The highest BCUT2D eigenvalue weighted by molar-refractivity contribution is 5.77. The Bertz CT molecular complexity index is 425. The average molecular weight is 377 g/mol. The van der Waals surface area contributed by atoms with Gasteiger partial charge in [-0.15, -0.1) is 0 Å². The van der Waals surface area contributed by atoms with E-state index in [-0.39, 0.29) is 0 Å². The Kier molecular flexibility index (Phi) is 8.47. The van der Waals surface area contributed by atoms with Gasteiger partial charge in [0, 0.05) is 39.0 Å². The van der Waals surface area contributed by atoms with Gasteiger partial charge in [0.15, 0.2) is 0 Å². The summed E-state index contributed by atoms with van der Waals surface area (Å²) in [5, 5.41) is 0. The Labute approximate surface area is 166 Å². The van der Waals surface area contributed by atoms with Crippen molar-refractivity contribution < 1.29 is 9.59 Å². The van der Waals surface area contributed by atoms with Gasteiger partial charge in [-0.05, 0) is 31.1 Å². The number of carbonyl (C=O) groups is 2. The van der Waals surface area contributed by atoms with Crippen LogP contribution in [0.1, 0.15) is 96.3 Å². The van der Waals surface area contributed by atoms with E-state index < -0.39 is 0 Å². The van der Waals surface area contributed by atoms with Crippen LogP contribution in [0.3, 0.4) is 0 Å². The standard InChI is InChI=1S/C23H40N2O2/c26-22(14-12-20-8-3-1-4-9-20)24-16-7-17-25(19-18-24)23(27)15-13-21-10-5-2-6-11-21/h20-21H,1-19H2. The molecule has 0 unspecified atom stereocenters. The fourth-order valence-corrected chi connectivity index (χ4v) is 5.34. The van der Waals surface area contributed by atoms with Gasteiger partial charge in [0.25, 0.3) is 0 Å². The van der Waals surface area contributed by atoms with E-state index in [1.165, 1.54) is 64.2 Å². The second-order valence-corrected chi connectivity index (χ2v) is 9.20. The molecule has 1 aliphatic heterocycles. The zero-order valence-electron chi connectivity index (χ0n) is 17.3. The first-order chi connectivity index (χ1) is 13.2. The van der Waals surface area contributed by atoms with E-state index in [2.05, 4.69) is 0 Å². The molecule has 0 aromatic carbocycles. The Balaban J connectivity index is 1.35. The van der Waals surface area contributed by atoms with E-state index in [4.69, 9.17) is 0 Å². The highest BCUT2D eigenvalue weighted by atomic mass is 16.2.